The minimum Gasteiger partial charge on any atom is -0.454 e. The molecule has 0 bridgehead atoms. The maximum atomic E-state index is 12.4. The number of Topliss-reactive ketones (excluding diaryl/α,β-unsaturated/α-hetero) is 1. The largest absolute Gasteiger partial charge is 0.454 e. The molecule has 0 spiro atoms. The molecule has 0 aliphatic carbocycles. The summed E-state index contributed by atoms with van der Waals surface area (Å²) in [5, 5.41) is 4.13. The molecule has 146 valence electrons. The summed E-state index contributed by atoms with van der Waals surface area (Å²) >= 11 is 0. The third-order valence-corrected chi connectivity index (χ3v) is 4.76. The lowest BCUT2D eigenvalue weighted by molar-refractivity contribution is -0.117. The Labute approximate surface area is 167 Å². The Morgan fingerprint density at radius 3 is 2.52 bits per heavy atom. The van der Waals surface area contributed by atoms with Crippen LogP contribution >= 0.6 is 0 Å². The summed E-state index contributed by atoms with van der Waals surface area (Å²) in [6.45, 7) is 0.289. The number of esters is 1. The molecule has 7 heteroatoms. The second-order valence-electron chi connectivity index (χ2n) is 6.70. The topological polar surface area (TPSA) is 81.5 Å². The molecule has 29 heavy (non-hydrogen) atoms. The Balaban J connectivity index is 1.38. The zero-order valence-corrected chi connectivity index (χ0v) is 15.7. The first-order valence-electron chi connectivity index (χ1n) is 9.33. The molecule has 7 nitrogen and oxygen atoms in total. The number of amides is 1. The van der Waals surface area contributed by atoms with Gasteiger partial charge in [-0.25, -0.2) is 9.48 Å². The van der Waals surface area contributed by atoms with Crippen molar-refractivity contribution in [3.05, 3.63) is 78.1 Å². The molecule has 0 radical (unpaired) electrons. The fraction of sp³-hybridized carbons (Fsp3) is 0.182. The number of aromatic nitrogens is 2. The lowest BCUT2D eigenvalue weighted by atomic mass is 10.1. The predicted octanol–water partition coefficient (Wildman–Crippen LogP) is 3.04. The third kappa shape index (κ3) is 4.08. The first kappa shape index (κ1) is 18.6. The van der Waals surface area contributed by atoms with Gasteiger partial charge in [-0.3, -0.25) is 9.59 Å². The van der Waals surface area contributed by atoms with Crippen molar-refractivity contribution in [2.24, 2.45) is 0 Å². The van der Waals surface area contributed by atoms with E-state index < -0.39 is 5.97 Å². The van der Waals surface area contributed by atoms with Crippen LogP contribution in [0.1, 0.15) is 33.6 Å². The standard InChI is InChI=1S/C22H19N3O4/c26-20(17-4-1-5-19(14-17)24-12-2-6-21(24)27)15-29-22(28)16-7-9-18(10-8-16)25-13-3-11-23-25/h1,3-5,7-11,13-14H,2,6,12,15H2. The fourth-order valence-corrected chi connectivity index (χ4v) is 3.24. The molecule has 1 aliphatic rings. The molecule has 2 heterocycles. The van der Waals surface area contributed by atoms with Crippen molar-refractivity contribution >= 4 is 23.3 Å². The number of rotatable bonds is 6. The van der Waals surface area contributed by atoms with Gasteiger partial charge in [-0.15, -0.1) is 0 Å². The number of nitrogens with zero attached hydrogens (tertiary/aromatic N) is 3. The Morgan fingerprint density at radius 2 is 1.83 bits per heavy atom. The van der Waals surface area contributed by atoms with Crippen molar-refractivity contribution < 1.29 is 19.1 Å². The lowest BCUT2D eigenvalue weighted by Gasteiger charge is -2.16. The van der Waals surface area contributed by atoms with Gasteiger partial charge in [-0.2, -0.15) is 5.10 Å². The monoisotopic (exact) mass is 389 g/mol. The van der Waals surface area contributed by atoms with Crippen molar-refractivity contribution in [2.75, 3.05) is 18.1 Å². The number of hydrogen-bond donors (Lipinski definition) is 0. The van der Waals surface area contributed by atoms with E-state index in [-0.39, 0.29) is 18.3 Å². The van der Waals surface area contributed by atoms with Gasteiger partial charge in [0, 0.05) is 36.6 Å². The molecule has 4 rings (SSSR count). The summed E-state index contributed by atoms with van der Waals surface area (Å²) < 4.78 is 6.85. The van der Waals surface area contributed by atoms with Gasteiger partial charge >= 0.3 is 5.97 Å². The van der Waals surface area contributed by atoms with Crippen molar-refractivity contribution in [1.82, 2.24) is 9.78 Å². The van der Waals surface area contributed by atoms with Crippen LogP contribution in [0.15, 0.2) is 67.0 Å². The first-order chi connectivity index (χ1) is 14.1. The highest BCUT2D eigenvalue weighted by atomic mass is 16.5. The van der Waals surface area contributed by atoms with Crippen LogP contribution in [0.25, 0.3) is 5.69 Å². The molecule has 0 atom stereocenters. The summed E-state index contributed by atoms with van der Waals surface area (Å²) in [6.07, 6.45) is 4.81. The molecule has 1 fully saturated rings. The van der Waals surface area contributed by atoms with Gasteiger partial charge in [0.25, 0.3) is 0 Å². The highest BCUT2D eigenvalue weighted by molar-refractivity contribution is 6.01. The van der Waals surface area contributed by atoms with Gasteiger partial charge < -0.3 is 9.64 Å². The zero-order chi connectivity index (χ0) is 20.2. The number of ether oxygens (including phenoxy) is 1. The van der Waals surface area contributed by atoms with Crippen LogP contribution in [0.5, 0.6) is 0 Å². The van der Waals surface area contributed by atoms with E-state index in [0.717, 1.165) is 12.1 Å². The highest BCUT2D eigenvalue weighted by Gasteiger charge is 2.22. The normalized spacial score (nSPS) is 13.5. The van der Waals surface area contributed by atoms with Gasteiger partial charge in [0.15, 0.2) is 12.4 Å². The highest BCUT2D eigenvalue weighted by Crippen LogP contribution is 2.22. The smallest absolute Gasteiger partial charge is 0.338 e. The van der Waals surface area contributed by atoms with Gasteiger partial charge in [-0.1, -0.05) is 12.1 Å². The number of ketones is 1. The van der Waals surface area contributed by atoms with E-state index in [9.17, 15) is 14.4 Å². The van der Waals surface area contributed by atoms with Crippen molar-refractivity contribution in [3.8, 4) is 5.69 Å². The van der Waals surface area contributed by atoms with Crippen LogP contribution in [0.3, 0.4) is 0 Å². The predicted molar refractivity (Wildman–Crippen MR) is 106 cm³/mol. The molecular formula is C22H19N3O4. The second-order valence-corrected chi connectivity index (χ2v) is 6.70. The molecule has 0 unspecified atom stereocenters. The van der Waals surface area contributed by atoms with E-state index in [2.05, 4.69) is 5.10 Å². The summed E-state index contributed by atoms with van der Waals surface area (Å²) in [6, 6.07) is 15.4. The zero-order valence-electron chi connectivity index (χ0n) is 15.7. The van der Waals surface area contributed by atoms with E-state index in [1.165, 1.54) is 0 Å². The van der Waals surface area contributed by atoms with E-state index in [1.807, 2.05) is 6.07 Å². The Morgan fingerprint density at radius 1 is 1.00 bits per heavy atom. The summed E-state index contributed by atoms with van der Waals surface area (Å²) in [4.78, 5) is 38.3. The molecule has 0 N–H and O–H groups in total. The quantitative estimate of drug-likeness (QED) is 0.478. The number of carbonyl (C=O) groups is 3. The SMILES string of the molecule is O=C(COC(=O)c1ccc(-n2cccn2)cc1)c1cccc(N2CCCC2=O)c1. The van der Waals surface area contributed by atoms with Crippen LogP contribution in [0.2, 0.25) is 0 Å². The first-order valence-corrected chi connectivity index (χ1v) is 9.33. The summed E-state index contributed by atoms with van der Waals surface area (Å²) in [7, 11) is 0. The van der Waals surface area contributed by atoms with Crippen molar-refractivity contribution in [2.45, 2.75) is 12.8 Å². The summed E-state index contributed by atoms with van der Waals surface area (Å²) in [5.74, 6) is -0.837. The van der Waals surface area contributed by atoms with Gasteiger partial charge in [-0.05, 0) is 48.9 Å². The Kier molecular flexibility index (Phi) is 5.20. The second kappa shape index (κ2) is 8.10. The maximum Gasteiger partial charge on any atom is 0.338 e. The van der Waals surface area contributed by atoms with Crippen LogP contribution in [-0.2, 0) is 9.53 Å². The van der Waals surface area contributed by atoms with Gasteiger partial charge in [0.2, 0.25) is 5.91 Å². The van der Waals surface area contributed by atoms with Crippen LogP contribution in [0.4, 0.5) is 5.69 Å². The molecule has 0 saturated carbocycles. The number of anilines is 1. The average Bonchev–Trinajstić information content (AvgIpc) is 3.44. The summed E-state index contributed by atoms with van der Waals surface area (Å²) in [5.41, 5.74) is 2.27. The molecule has 1 aromatic heterocycles. The van der Waals surface area contributed by atoms with E-state index in [4.69, 9.17) is 4.74 Å². The lowest BCUT2D eigenvalue weighted by Crippen LogP contribution is -2.24. The van der Waals surface area contributed by atoms with Crippen molar-refractivity contribution in [1.29, 1.82) is 0 Å². The minimum absolute atomic E-state index is 0.0552. The molecule has 1 amide bonds. The molecule has 3 aromatic rings. The molecule has 1 saturated heterocycles. The Bertz CT molecular complexity index is 1040. The van der Waals surface area contributed by atoms with E-state index in [0.29, 0.717) is 29.8 Å². The van der Waals surface area contributed by atoms with Crippen molar-refractivity contribution in [3.63, 3.8) is 0 Å². The minimum atomic E-state index is -0.573. The van der Waals surface area contributed by atoms with Crippen LogP contribution in [-0.4, -0.2) is 40.6 Å². The van der Waals surface area contributed by atoms with Crippen LogP contribution in [0, 0.1) is 0 Å². The maximum absolute atomic E-state index is 12.4. The Hall–Kier alpha value is -3.74. The molecular weight excluding hydrogens is 370 g/mol. The van der Waals surface area contributed by atoms with Crippen LogP contribution < -0.4 is 4.90 Å². The van der Waals surface area contributed by atoms with Gasteiger partial charge in [0.1, 0.15) is 0 Å². The fourth-order valence-electron chi connectivity index (χ4n) is 3.24. The average molecular weight is 389 g/mol. The number of benzene rings is 2. The number of hydrogen-bond acceptors (Lipinski definition) is 5. The molecule has 1 aliphatic heterocycles. The third-order valence-electron chi connectivity index (χ3n) is 4.76. The molecule has 2 aromatic carbocycles. The number of carbonyl (C=O) groups excluding carboxylic acids is 3. The van der Waals surface area contributed by atoms with E-state index >= 15 is 0 Å². The van der Waals surface area contributed by atoms with E-state index in [1.54, 1.807) is 70.5 Å². The van der Waals surface area contributed by atoms with Gasteiger partial charge in [0.05, 0.1) is 11.3 Å².